The molecule has 4 heteroatoms. The Labute approximate surface area is 119 Å². The van der Waals surface area contributed by atoms with Crippen molar-refractivity contribution < 1.29 is 4.42 Å². The third kappa shape index (κ3) is 3.67. The molecule has 1 aromatic carbocycles. The average molecular weight is 271 g/mol. The zero-order chi connectivity index (χ0) is 13.8. The number of aromatic nitrogens is 2. The van der Waals surface area contributed by atoms with E-state index in [0.29, 0.717) is 0 Å². The van der Waals surface area contributed by atoms with Crippen LogP contribution in [0, 0.1) is 6.92 Å². The zero-order valence-corrected chi connectivity index (χ0v) is 11.9. The van der Waals surface area contributed by atoms with Gasteiger partial charge in [0.15, 0.2) is 0 Å². The van der Waals surface area contributed by atoms with E-state index in [0.717, 1.165) is 43.6 Å². The number of aryl methyl sites for hydroxylation is 3. The second kappa shape index (κ2) is 6.18. The second-order valence-corrected chi connectivity index (χ2v) is 5.49. The average Bonchev–Trinajstić information content (AvgIpc) is 3.16. The van der Waals surface area contributed by atoms with Gasteiger partial charge in [0, 0.05) is 25.4 Å². The number of nitrogens with zero attached hydrogens (tertiary/aromatic N) is 2. The molecule has 0 bridgehead atoms. The fraction of sp³-hybridized carbons (Fsp3) is 0.500. The second-order valence-electron chi connectivity index (χ2n) is 5.49. The van der Waals surface area contributed by atoms with Gasteiger partial charge < -0.3 is 9.73 Å². The highest BCUT2D eigenvalue weighted by Crippen LogP contribution is 2.18. The van der Waals surface area contributed by atoms with Gasteiger partial charge in [0.1, 0.15) is 0 Å². The number of rotatable bonds is 7. The van der Waals surface area contributed by atoms with Crippen molar-refractivity contribution in [3.63, 3.8) is 0 Å². The van der Waals surface area contributed by atoms with Crippen LogP contribution in [-0.2, 0) is 19.3 Å². The van der Waals surface area contributed by atoms with E-state index in [-0.39, 0.29) is 0 Å². The van der Waals surface area contributed by atoms with E-state index in [4.69, 9.17) is 4.42 Å². The van der Waals surface area contributed by atoms with Gasteiger partial charge in [-0.3, -0.25) is 0 Å². The first-order valence-corrected chi connectivity index (χ1v) is 7.40. The van der Waals surface area contributed by atoms with Crippen LogP contribution >= 0.6 is 0 Å². The summed E-state index contributed by atoms with van der Waals surface area (Å²) >= 11 is 0. The molecular formula is C16H21N3O. The van der Waals surface area contributed by atoms with Crippen molar-refractivity contribution in [2.45, 2.75) is 45.1 Å². The third-order valence-electron chi connectivity index (χ3n) is 3.73. The number of benzene rings is 1. The Morgan fingerprint density at radius 2 is 1.85 bits per heavy atom. The summed E-state index contributed by atoms with van der Waals surface area (Å²) in [6, 6.07) is 9.17. The Kier molecular flexibility index (Phi) is 4.11. The lowest BCUT2D eigenvalue weighted by molar-refractivity contribution is 0.443. The Bertz CT molecular complexity index is 560. The highest BCUT2D eigenvalue weighted by Gasteiger charge is 2.20. The Balaban J connectivity index is 1.48. The van der Waals surface area contributed by atoms with Crippen molar-refractivity contribution in [3.8, 4) is 0 Å². The molecular weight excluding hydrogens is 250 g/mol. The molecule has 1 aromatic heterocycles. The van der Waals surface area contributed by atoms with Gasteiger partial charge in [0.05, 0.1) is 0 Å². The first-order valence-electron chi connectivity index (χ1n) is 7.40. The summed E-state index contributed by atoms with van der Waals surface area (Å²) in [4.78, 5) is 0. The van der Waals surface area contributed by atoms with Crippen LogP contribution in [0.5, 0.6) is 0 Å². The maximum atomic E-state index is 5.69. The van der Waals surface area contributed by atoms with Gasteiger partial charge in [-0.1, -0.05) is 24.3 Å². The molecule has 2 aromatic rings. The van der Waals surface area contributed by atoms with E-state index in [1.807, 2.05) is 0 Å². The van der Waals surface area contributed by atoms with Crippen molar-refractivity contribution in [2.24, 2.45) is 0 Å². The fourth-order valence-corrected chi connectivity index (χ4v) is 2.29. The van der Waals surface area contributed by atoms with Crippen LogP contribution in [0.1, 0.15) is 35.7 Å². The van der Waals surface area contributed by atoms with Crippen LogP contribution in [0.4, 0.5) is 0 Å². The molecule has 1 fully saturated rings. The molecule has 106 valence electrons. The summed E-state index contributed by atoms with van der Waals surface area (Å²) in [5.74, 6) is 1.49. The van der Waals surface area contributed by atoms with Gasteiger partial charge in [0.2, 0.25) is 11.8 Å². The lowest BCUT2D eigenvalue weighted by Gasteiger charge is -2.02. The van der Waals surface area contributed by atoms with Crippen molar-refractivity contribution >= 4 is 0 Å². The highest BCUT2D eigenvalue weighted by molar-refractivity contribution is 5.25. The van der Waals surface area contributed by atoms with E-state index in [1.165, 1.54) is 24.0 Å². The Morgan fingerprint density at radius 1 is 1.10 bits per heavy atom. The maximum absolute atomic E-state index is 5.69. The molecule has 4 nitrogen and oxygen atoms in total. The molecule has 0 aliphatic heterocycles. The molecule has 1 aliphatic carbocycles. The van der Waals surface area contributed by atoms with E-state index in [2.05, 4.69) is 46.7 Å². The first kappa shape index (κ1) is 13.3. The molecule has 1 N–H and O–H groups in total. The monoisotopic (exact) mass is 271 g/mol. The molecule has 0 unspecified atom stereocenters. The lowest BCUT2D eigenvalue weighted by Crippen LogP contribution is -2.19. The standard InChI is InChI=1S/C16H21N3O/c1-12-4-2-3-5-13(12)6-9-15-18-19-16(20-15)10-11-17-14-7-8-14/h2-5,14,17H,6-11H2,1H3. The van der Waals surface area contributed by atoms with Gasteiger partial charge in [-0.05, 0) is 37.3 Å². The summed E-state index contributed by atoms with van der Waals surface area (Å²) in [5, 5.41) is 11.7. The molecule has 3 rings (SSSR count). The topological polar surface area (TPSA) is 51.0 Å². The Hall–Kier alpha value is -1.68. The van der Waals surface area contributed by atoms with Gasteiger partial charge >= 0.3 is 0 Å². The summed E-state index contributed by atoms with van der Waals surface area (Å²) in [6.07, 6.45) is 5.22. The van der Waals surface area contributed by atoms with Crippen LogP contribution in [0.3, 0.4) is 0 Å². The summed E-state index contributed by atoms with van der Waals surface area (Å²) in [7, 11) is 0. The van der Waals surface area contributed by atoms with E-state index in [9.17, 15) is 0 Å². The first-order chi connectivity index (χ1) is 9.81. The fourth-order valence-electron chi connectivity index (χ4n) is 2.29. The van der Waals surface area contributed by atoms with Crippen molar-refractivity contribution in [1.82, 2.24) is 15.5 Å². The number of nitrogens with one attached hydrogen (secondary N) is 1. The van der Waals surface area contributed by atoms with E-state index < -0.39 is 0 Å². The van der Waals surface area contributed by atoms with Gasteiger partial charge in [-0.2, -0.15) is 0 Å². The molecule has 1 aliphatic rings. The minimum atomic E-state index is 0.735. The highest BCUT2D eigenvalue weighted by atomic mass is 16.4. The summed E-state index contributed by atoms with van der Waals surface area (Å²) in [5.41, 5.74) is 2.67. The number of hydrogen-bond donors (Lipinski definition) is 1. The van der Waals surface area contributed by atoms with Crippen molar-refractivity contribution in [2.75, 3.05) is 6.54 Å². The summed E-state index contributed by atoms with van der Waals surface area (Å²) in [6.45, 7) is 3.07. The number of hydrogen-bond acceptors (Lipinski definition) is 4. The molecule has 0 saturated heterocycles. The SMILES string of the molecule is Cc1ccccc1CCc1nnc(CCNC2CC2)o1. The van der Waals surface area contributed by atoms with Crippen LogP contribution in [-0.4, -0.2) is 22.8 Å². The maximum Gasteiger partial charge on any atom is 0.217 e. The molecule has 1 heterocycles. The van der Waals surface area contributed by atoms with E-state index >= 15 is 0 Å². The molecule has 0 spiro atoms. The Morgan fingerprint density at radius 3 is 2.60 bits per heavy atom. The van der Waals surface area contributed by atoms with Gasteiger partial charge in [-0.25, -0.2) is 0 Å². The largest absolute Gasteiger partial charge is 0.425 e. The van der Waals surface area contributed by atoms with Gasteiger partial charge in [0.25, 0.3) is 0 Å². The minimum Gasteiger partial charge on any atom is -0.425 e. The summed E-state index contributed by atoms with van der Waals surface area (Å²) < 4.78 is 5.69. The molecule has 0 amide bonds. The molecule has 1 saturated carbocycles. The zero-order valence-electron chi connectivity index (χ0n) is 11.9. The van der Waals surface area contributed by atoms with Crippen LogP contribution in [0.25, 0.3) is 0 Å². The van der Waals surface area contributed by atoms with Crippen LogP contribution < -0.4 is 5.32 Å². The van der Waals surface area contributed by atoms with Crippen molar-refractivity contribution in [3.05, 3.63) is 47.2 Å². The molecule has 20 heavy (non-hydrogen) atoms. The predicted octanol–water partition coefficient (Wildman–Crippen LogP) is 2.46. The van der Waals surface area contributed by atoms with Crippen LogP contribution in [0.2, 0.25) is 0 Å². The van der Waals surface area contributed by atoms with Gasteiger partial charge in [-0.15, -0.1) is 10.2 Å². The quantitative estimate of drug-likeness (QED) is 0.840. The van der Waals surface area contributed by atoms with Crippen LogP contribution in [0.15, 0.2) is 28.7 Å². The van der Waals surface area contributed by atoms with E-state index in [1.54, 1.807) is 0 Å². The molecule has 0 atom stereocenters. The predicted molar refractivity (Wildman–Crippen MR) is 77.6 cm³/mol. The smallest absolute Gasteiger partial charge is 0.217 e. The lowest BCUT2D eigenvalue weighted by atomic mass is 10.0. The normalized spacial score (nSPS) is 14.7. The van der Waals surface area contributed by atoms with Crippen molar-refractivity contribution in [1.29, 1.82) is 0 Å². The third-order valence-corrected chi connectivity index (χ3v) is 3.73. The molecule has 0 radical (unpaired) electrons. The minimum absolute atomic E-state index is 0.735.